The summed E-state index contributed by atoms with van der Waals surface area (Å²) in [5, 5.41) is 1.37. The second-order valence-corrected chi connectivity index (χ2v) is 4.72. The highest BCUT2D eigenvalue weighted by Gasteiger charge is 2.44. The largest absolute Gasteiger partial charge is 0.405 e. The quantitative estimate of drug-likeness (QED) is 0.785. The molecule has 106 valence electrons. The summed E-state index contributed by atoms with van der Waals surface area (Å²) in [5.74, 6) is -0.598. The van der Waals surface area contributed by atoms with E-state index in [1.165, 1.54) is 11.8 Å². The van der Waals surface area contributed by atoms with E-state index in [-0.39, 0.29) is 26.3 Å². The Morgan fingerprint density at radius 2 is 2.00 bits per heavy atom. The molecule has 1 fully saturated rings. The van der Waals surface area contributed by atoms with Crippen molar-refractivity contribution >= 4 is 17.5 Å². The van der Waals surface area contributed by atoms with Crippen molar-refractivity contribution in [1.29, 1.82) is 0 Å². The molecule has 4 nitrogen and oxygen atoms in total. The number of halogens is 4. The van der Waals surface area contributed by atoms with Gasteiger partial charge in [-0.3, -0.25) is 9.69 Å². The van der Waals surface area contributed by atoms with Crippen molar-refractivity contribution in [2.75, 3.05) is 32.8 Å². The summed E-state index contributed by atoms with van der Waals surface area (Å²) >= 11 is 5.48. The fourth-order valence-corrected chi connectivity index (χ4v) is 1.76. The van der Waals surface area contributed by atoms with Crippen molar-refractivity contribution in [2.24, 2.45) is 0 Å². The average molecular weight is 289 g/mol. The molecule has 18 heavy (non-hydrogen) atoms. The Hall–Kier alpha value is -0.530. The molecule has 8 heteroatoms. The van der Waals surface area contributed by atoms with Gasteiger partial charge in [0.2, 0.25) is 5.91 Å². The summed E-state index contributed by atoms with van der Waals surface area (Å²) in [6.45, 7) is 1.87. The van der Waals surface area contributed by atoms with E-state index in [4.69, 9.17) is 16.3 Å². The van der Waals surface area contributed by atoms with Crippen molar-refractivity contribution in [3.05, 3.63) is 0 Å². The molecular formula is C10H16ClF3N2O2. The lowest BCUT2D eigenvalue weighted by Gasteiger charge is -2.35. The third-order valence-corrected chi connectivity index (χ3v) is 2.89. The predicted octanol–water partition coefficient (Wildman–Crippen LogP) is 0.993. The van der Waals surface area contributed by atoms with Gasteiger partial charge in [0.1, 0.15) is 11.4 Å². The number of carbonyl (C=O) groups is 1. The van der Waals surface area contributed by atoms with Crippen molar-refractivity contribution in [3.8, 4) is 0 Å². The van der Waals surface area contributed by atoms with Gasteiger partial charge in [-0.15, -0.1) is 11.6 Å². The van der Waals surface area contributed by atoms with Crippen LogP contribution in [-0.2, 0) is 9.53 Å². The smallest absolute Gasteiger partial charge is 0.379 e. The Morgan fingerprint density at radius 3 is 2.44 bits per heavy atom. The summed E-state index contributed by atoms with van der Waals surface area (Å²) in [4.78, 5) is 12.5. The van der Waals surface area contributed by atoms with Crippen molar-refractivity contribution in [3.63, 3.8) is 0 Å². The van der Waals surface area contributed by atoms with E-state index in [0.717, 1.165) is 0 Å². The minimum atomic E-state index is -4.39. The van der Waals surface area contributed by atoms with Crippen LogP contribution in [0.3, 0.4) is 0 Å². The summed E-state index contributed by atoms with van der Waals surface area (Å²) < 4.78 is 43.7. The number of hydrogen-bond acceptors (Lipinski definition) is 3. The van der Waals surface area contributed by atoms with E-state index in [9.17, 15) is 18.0 Å². The van der Waals surface area contributed by atoms with Crippen LogP contribution in [-0.4, -0.2) is 61.3 Å². The highest BCUT2D eigenvalue weighted by atomic mass is 35.5. The zero-order chi connectivity index (χ0) is 13.8. The SMILES string of the molecule is CC(Cl)C(=O)NCC(N1CCOCC1)C(F)(F)F. The molecule has 0 spiro atoms. The van der Waals surface area contributed by atoms with Crippen LogP contribution in [0.2, 0.25) is 0 Å². The normalized spacial score (nSPS) is 21.4. The van der Waals surface area contributed by atoms with Gasteiger partial charge in [-0.25, -0.2) is 0 Å². The number of nitrogens with zero attached hydrogens (tertiary/aromatic N) is 1. The molecule has 0 aromatic heterocycles. The van der Waals surface area contributed by atoms with Gasteiger partial charge in [0.25, 0.3) is 0 Å². The molecule has 1 rings (SSSR count). The average Bonchev–Trinajstić information content (AvgIpc) is 2.28. The van der Waals surface area contributed by atoms with Crippen LogP contribution < -0.4 is 5.32 Å². The Labute approximate surface area is 108 Å². The fraction of sp³-hybridized carbons (Fsp3) is 0.900. The topological polar surface area (TPSA) is 41.6 Å². The second kappa shape index (κ2) is 6.58. The number of rotatable bonds is 4. The van der Waals surface area contributed by atoms with Crippen LogP contribution in [0, 0.1) is 0 Å². The minimum absolute atomic E-state index is 0.205. The summed E-state index contributed by atoms with van der Waals surface area (Å²) in [7, 11) is 0. The van der Waals surface area contributed by atoms with Gasteiger partial charge in [0.15, 0.2) is 0 Å². The molecule has 1 heterocycles. The van der Waals surface area contributed by atoms with E-state index in [1.807, 2.05) is 0 Å². The Kier molecular flexibility index (Phi) is 5.68. The van der Waals surface area contributed by atoms with Crippen molar-refractivity contribution < 1.29 is 22.7 Å². The summed E-state index contributed by atoms with van der Waals surface area (Å²) in [6.07, 6.45) is -4.39. The first-order valence-electron chi connectivity index (χ1n) is 5.62. The number of hydrogen-bond donors (Lipinski definition) is 1. The number of amides is 1. The zero-order valence-corrected chi connectivity index (χ0v) is 10.7. The standard InChI is InChI=1S/C10H16ClF3N2O2/c1-7(11)9(17)15-6-8(10(12,13)14)16-2-4-18-5-3-16/h7-8H,2-6H2,1H3,(H,15,17). The third kappa shape index (κ3) is 4.62. The minimum Gasteiger partial charge on any atom is -0.379 e. The molecule has 2 atom stereocenters. The molecule has 0 aliphatic carbocycles. The van der Waals surface area contributed by atoms with Crippen molar-refractivity contribution in [1.82, 2.24) is 10.2 Å². The maximum absolute atomic E-state index is 12.9. The maximum Gasteiger partial charge on any atom is 0.405 e. The van der Waals surface area contributed by atoms with Crippen LogP contribution in [0.15, 0.2) is 0 Å². The van der Waals surface area contributed by atoms with E-state index >= 15 is 0 Å². The van der Waals surface area contributed by atoms with Crippen LogP contribution in [0.5, 0.6) is 0 Å². The molecule has 1 N–H and O–H groups in total. The second-order valence-electron chi connectivity index (χ2n) is 4.07. The molecule has 0 saturated carbocycles. The maximum atomic E-state index is 12.9. The number of morpholine rings is 1. The lowest BCUT2D eigenvalue weighted by atomic mass is 10.2. The highest BCUT2D eigenvalue weighted by molar-refractivity contribution is 6.30. The monoisotopic (exact) mass is 288 g/mol. The lowest BCUT2D eigenvalue weighted by molar-refractivity contribution is -0.190. The molecule has 1 saturated heterocycles. The third-order valence-electron chi connectivity index (χ3n) is 2.70. The van der Waals surface area contributed by atoms with Gasteiger partial charge < -0.3 is 10.1 Å². The van der Waals surface area contributed by atoms with Crippen LogP contribution in [0.1, 0.15) is 6.92 Å². The first kappa shape index (κ1) is 15.5. The first-order valence-corrected chi connectivity index (χ1v) is 6.06. The molecule has 0 aromatic carbocycles. The van der Waals surface area contributed by atoms with E-state index < -0.39 is 30.0 Å². The highest BCUT2D eigenvalue weighted by Crippen LogP contribution is 2.25. The number of carbonyl (C=O) groups excluding carboxylic acids is 1. The van der Waals surface area contributed by atoms with Crippen LogP contribution >= 0.6 is 11.6 Å². The van der Waals surface area contributed by atoms with Gasteiger partial charge in [-0.1, -0.05) is 0 Å². The molecule has 2 unspecified atom stereocenters. The Bertz CT molecular complexity index is 281. The van der Waals surface area contributed by atoms with Gasteiger partial charge >= 0.3 is 6.18 Å². The molecule has 0 bridgehead atoms. The molecule has 0 radical (unpaired) electrons. The zero-order valence-electron chi connectivity index (χ0n) is 9.97. The van der Waals surface area contributed by atoms with Crippen LogP contribution in [0.25, 0.3) is 0 Å². The Balaban J connectivity index is 2.58. The van der Waals surface area contributed by atoms with E-state index in [1.54, 1.807) is 0 Å². The lowest BCUT2D eigenvalue weighted by Crippen LogP contribution is -2.55. The number of nitrogens with one attached hydrogen (secondary N) is 1. The number of ether oxygens (including phenoxy) is 1. The van der Waals surface area contributed by atoms with Gasteiger partial charge in [0.05, 0.1) is 13.2 Å². The molecule has 1 aliphatic heterocycles. The summed E-state index contributed by atoms with van der Waals surface area (Å²) in [5.41, 5.74) is 0. The predicted molar refractivity (Wildman–Crippen MR) is 60.6 cm³/mol. The molecule has 1 aliphatic rings. The van der Waals surface area contributed by atoms with E-state index in [2.05, 4.69) is 5.32 Å². The first-order chi connectivity index (χ1) is 8.32. The van der Waals surface area contributed by atoms with Gasteiger partial charge in [-0.2, -0.15) is 13.2 Å². The Morgan fingerprint density at radius 1 is 1.44 bits per heavy atom. The van der Waals surface area contributed by atoms with Gasteiger partial charge in [0, 0.05) is 19.6 Å². The van der Waals surface area contributed by atoms with E-state index in [0.29, 0.717) is 0 Å². The molecule has 1 amide bonds. The summed E-state index contributed by atoms with van der Waals surface area (Å²) in [6, 6.07) is -1.69. The van der Waals surface area contributed by atoms with Gasteiger partial charge in [-0.05, 0) is 6.92 Å². The number of alkyl halides is 4. The molecule has 0 aromatic rings. The fourth-order valence-electron chi connectivity index (χ4n) is 1.68. The van der Waals surface area contributed by atoms with Crippen LogP contribution in [0.4, 0.5) is 13.2 Å². The van der Waals surface area contributed by atoms with Crippen molar-refractivity contribution in [2.45, 2.75) is 24.5 Å². The molecular weight excluding hydrogens is 273 g/mol.